The van der Waals surface area contributed by atoms with Crippen LogP contribution in [-0.2, 0) is 6.54 Å². The first-order valence-corrected chi connectivity index (χ1v) is 7.27. The Labute approximate surface area is 119 Å². The van der Waals surface area contributed by atoms with Gasteiger partial charge in [-0.2, -0.15) is 0 Å². The minimum absolute atomic E-state index is 0.624. The molecule has 1 aliphatic heterocycles. The van der Waals surface area contributed by atoms with Crippen molar-refractivity contribution in [2.24, 2.45) is 0 Å². The van der Waals surface area contributed by atoms with Crippen molar-refractivity contribution in [2.75, 3.05) is 24.5 Å². The molecule has 1 saturated heterocycles. The van der Waals surface area contributed by atoms with Gasteiger partial charge in [0, 0.05) is 50.8 Å². The molecule has 0 saturated carbocycles. The van der Waals surface area contributed by atoms with Gasteiger partial charge in [0.1, 0.15) is 5.82 Å². The summed E-state index contributed by atoms with van der Waals surface area (Å²) in [6.45, 7) is 4.16. The smallest absolute Gasteiger partial charge is 0.128 e. The Hall–Kier alpha value is -1.88. The highest BCUT2D eigenvalue weighted by atomic mass is 15.2. The number of anilines is 1. The number of nitrogens with one attached hydrogen (secondary N) is 1. The second-order valence-corrected chi connectivity index (χ2v) is 5.20. The van der Waals surface area contributed by atoms with E-state index in [0.717, 1.165) is 32.0 Å². The van der Waals surface area contributed by atoms with Crippen LogP contribution in [0.1, 0.15) is 12.8 Å². The molecular formula is C15H21N5. The van der Waals surface area contributed by atoms with Gasteiger partial charge in [-0.3, -0.25) is 0 Å². The van der Waals surface area contributed by atoms with Crippen LogP contribution in [-0.4, -0.2) is 40.2 Å². The first-order chi connectivity index (χ1) is 9.92. The van der Waals surface area contributed by atoms with Crippen molar-refractivity contribution in [3.8, 4) is 0 Å². The molecule has 106 valence electrons. The van der Waals surface area contributed by atoms with E-state index in [9.17, 15) is 0 Å². The van der Waals surface area contributed by atoms with Gasteiger partial charge in [-0.15, -0.1) is 0 Å². The molecule has 0 radical (unpaired) electrons. The topological polar surface area (TPSA) is 46.0 Å². The van der Waals surface area contributed by atoms with Crippen LogP contribution < -0.4 is 10.2 Å². The van der Waals surface area contributed by atoms with Gasteiger partial charge in [0.25, 0.3) is 0 Å². The molecule has 3 rings (SSSR count). The fraction of sp³-hybridized carbons (Fsp3) is 0.467. The lowest BCUT2D eigenvalue weighted by Crippen LogP contribution is -2.43. The van der Waals surface area contributed by atoms with Crippen LogP contribution in [0.5, 0.6) is 0 Å². The lowest BCUT2D eigenvalue weighted by Gasteiger charge is -2.33. The predicted molar refractivity (Wildman–Crippen MR) is 79.7 cm³/mol. The predicted octanol–water partition coefficient (Wildman–Crippen LogP) is 1.54. The van der Waals surface area contributed by atoms with E-state index in [2.05, 4.69) is 36.9 Å². The number of hydrogen-bond donors (Lipinski definition) is 1. The van der Waals surface area contributed by atoms with Crippen LogP contribution in [0.15, 0.2) is 43.1 Å². The van der Waals surface area contributed by atoms with E-state index in [0.29, 0.717) is 6.04 Å². The third kappa shape index (κ3) is 3.36. The molecule has 0 bridgehead atoms. The molecule has 20 heavy (non-hydrogen) atoms. The van der Waals surface area contributed by atoms with Crippen LogP contribution in [0.4, 0.5) is 5.82 Å². The molecule has 1 fully saturated rings. The molecule has 0 amide bonds. The quantitative estimate of drug-likeness (QED) is 0.896. The van der Waals surface area contributed by atoms with Crippen LogP contribution in [0.2, 0.25) is 0 Å². The summed E-state index contributed by atoms with van der Waals surface area (Å²) in [5.41, 5.74) is 0. The second kappa shape index (κ2) is 6.52. The Morgan fingerprint density at radius 3 is 2.80 bits per heavy atom. The zero-order valence-corrected chi connectivity index (χ0v) is 11.7. The minimum atomic E-state index is 0.624. The molecule has 1 aliphatic rings. The van der Waals surface area contributed by atoms with E-state index in [1.165, 1.54) is 12.8 Å². The van der Waals surface area contributed by atoms with Gasteiger partial charge in [-0.25, -0.2) is 9.97 Å². The maximum atomic E-state index is 4.42. The molecule has 1 N–H and O–H groups in total. The minimum Gasteiger partial charge on any atom is -0.357 e. The van der Waals surface area contributed by atoms with Crippen LogP contribution in [0, 0.1) is 0 Å². The first kappa shape index (κ1) is 13.1. The van der Waals surface area contributed by atoms with Crippen LogP contribution >= 0.6 is 0 Å². The molecule has 2 aromatic rings. The second-order valence-electron chi connectivity index (χ2n) is 5.20. The van der Waals surface area contributed by atoms with Gasteiger partial charge in [0.2, 0.25) is 0 Å². The van der Waals surface area contributed by atoms with E-state index in [4.69, 9.17) is 0 Å². The zero-order chi connectivity index (χ0) is 13.6. The van der Waals surface area contributed by atoms with Crippen molar-refractivity contribution in [3.63, 3.8) is 0 Å². The van der Waals surface area contributed by atoms with Gasteiger partial charge in [-0.05, 0) is 25.0 Å². The average molecular weight is 271 g/mol. The van der Waals surface area contributed by atoms with Crippen molar-refractivity contribution in [1.82, 2.24) is 19.9 Å². The first-order valence-electron chi connectivity index (χ1n) is 7.27. The molecule has 0 aromatic carbocycles. The van der Waals surface area contributed by atoms with E-state index < -0.39 is 0 Å². The normalized spacial score (nSPS) is 16.5. The summed E-state index contributed by atoms with van der Waals surface area (Å²) in [7, 11) is 0. The number of hydrogen-bond acceptors (Lipinski definition) is 4. The molecular weight excluding hydrogens is 250 g/mol. The molecule has 0 spiro atoms. The van der Waals surface area contributed by atoms with Crippen molar-refractivity contribution in [3.05, 3.63) is 43.1 Å². The van der Waals surface area contributed by atoms with Crippen molar-refractivity contribution >= 4 is 5.82 Å². The highest BCUT2D eigenvalue weighted by Crippen LogP contribution is 2.16. The number of pyridine rings is 1. The Bertz CT molecular complexity index is 488. The molecule has 5 heteroatoms. The fourth-order valence-electron chi connectivity index (χ4n) is 2.67. The van der Waals surface area contributed by atoms with Crippen molar-refractivity contribution in [2.45, 2.75) is 25.4 Å². The summed E-state index contributed by atoms with van der Waals surface area (Å²) < 4.78 is 2.11. The molecule has 0 aliphatic carbocycles. The summed E-state index contributed by atoms with van der Waals surface area (Å²) >= 11 is 0. The van der Waals surface area contributed by atoms with Gasteiger partial charge >= 0.3 is 0 Å². The van der Waals surface area contributed by atoms with E-state index >= 15 is 0 Å². The Morgan fingerprint density at radius 1 is 1.20 bits per heavy atom. The maximum Gasteiger partial charge on any atom is 0.128 e. The van der Waals surface area contributed by atoms with E-state index in [1.807, 2.05) is 31.0 Å². The van der Waals surface area contributed by atoms with Crippen LogP contribution in [0.3, 0.4) is 0 Å². The summed E-state index contributed by atoms with van der Waals surface area (Å²) in [6.07, 6.45) is 9.92. The summed E-state index contributed by atoms with van der Waals surface area (Å²) in [5.74, 6) is 1.10. The third-order valence-electron chi connectivity index (χ3n) is 3.83. The Balaban J connectivity index is 1.40. The number of rotatable bonds is 5. The zero-order valence-electron chi connectivity index (χ0n) is 11.7. The van der Waals surface area contributed by atoms with E-state index in [1.54, 1.807) is 0 Å². The highest BCUT2D eigenvalue weighted by molar-refractivity contribution is 5.38. The van der Waals surface area contributed by atoms with Crippen LogP contribution in [0.25, 0.3) is 0 Å². The Kier molecular flexibility index (Phi) is 4.28. The monoisotopic (exact) mass is 271 g/mol. The lowest BCUT2D eigenvalue weighted by atomic mass is 10.1. The standard InChI is InChI=1S/C15H21N5/c1-2-6-18-15(3-1)20-9-4-14(5-10-20)17-8-12-19-11-7-16-13-19/h1-3,6-7,11,13-14,17H,4-5,8-10,12H2. The summed E-state index contributed by atoms with van der Waals surface area (Å²) in [6, 6.07) is 6.73. The third-order valence-corrected chi connectivity index (χ3v) is 3.83. The van der Waals surface area contributed by atoms with E-state index in [-0.39, 0.29) is 0 Å². The Morgan fingerprint density at radius 2 is 2.10 bits per heavy atom. The van der Waals surface area contributed by atoms with Crippen molar-refractivity contribution in [1.29, 1.82) is 0 Å². The van der Waals surface area contributed by atoms with Gasteiger partial charge < -0.3 is 14.8 Å². The maximum absolute atomic E-state index is 4.42. The van der Waals surface area contributed by atoms with Gasteiger partial charge in [-0.1, -0.05) is 6.07 Å². The molecule has 0 atom stereocenters. The molecule has 3 heterocycles. The van der Waals surface area contributed by atoms with Gasteiger partial charge in [0.05, 0.1) is 6.33 Å². The lowest BCUT2D eigenvalue weighted by molar-refractivity contribution is 0.405. The number of imidazole rings is 1. The summed E-state index contributed by atoms with van der Waals surface area (Å²) in [5, 5.41) is 3.64. The average Bonchev–Trinajstić information content (AvgIpc) is 3.02. The number of aromatic nitrogens is 3. The highest BCUT2D eigenvalue weighted by Gasteiger charge is 2.19. The molecule has 0 unspecified atom stereocenters. The van der Waals surface area contributed by atoms with Crippen molar-refractivity contribution < 1.29 is 0 Å². The fourth-order valence-corrected chi connectivity index (χ4v) is 2.67. The van der Waals surface area contributed by atoms with Gasteiger partial charge in [0.15, 0.2) is 0 Å². The molecule has 5 nitrogen and oxygen atoms in total. The summed E-state index contributed by atoms with van der Waals surface area (Å²) in [4.78, 5) is 10.8. The number of nitrogens with zero attached hydrogens (tertiary/aromatic N) is 4. The largest absolute Gasteiger partial charge is 0.357 e. The SMILES string of the molecule is c1ccc(N2CCC(NCCn3ccnc3)CC2)nc1. The number of piperidine rings is 1. The molecule has 2 aromatic heterocycles.